The SMILES string of the molecule is Fc1ccc(/C(=C\OCc2ccccc2)C2CCNCC2)cc1. The molecular weight excluding hydrogens is 289 g/mol. The molecule has 0 aliphatic carbocycles. The molecule has 2 aromatic carbocycles. The molecule has 1 saturated heterocycles. The first kappa shape index (κ1) is 15.8. The van der Waals surface area contributed by atoms with E-state index >= 15 is 0 Å². The lowest BCUT2D eigenvalue weighted by Crippen LogP contribution is -2.28. The highest BCUT2D eigenvalue weighted by Gasteiger charge is 2.19. The number of hydrogen-bond donors (Lipinski definition) is 1. The number of ether oxygens (including phenoxy) is 1. The summed E-state index contributed by atoms with van der Waals surface area (Å²) in [4.78, 5) is 0. The van der Waals surface area contributed by atoms with Gasteiger partial charge in [-0.05, 0) is 60.7 Å². The Balaban J connectivity index is 1.76. The van der Waals surface area contributed by atoms with Crippen molar-refractivity contribution in [1.82, 2.24) is 5.32 Å². The second-order valence-electron chi connectivity index (χ2n) is 5.90. The zero-order valence-corrected chi connectivity index (χ0v) is 13.2. The van der Waals surface area contributed by atoms with Crippen molar-refractivity contribution in [3.8, 4) is 0 Å². The van der Waals surface area contributed by atoms with E-state index in [0.717, 1.165) is 37.1 Å². The number of allylic oxidation sites excluding steroid dienone is 1. The van der Waals surface area contributed by atoms with Crippen LogP contribution in [0.2, 0.25) is 0 Å². The average Bonchev–Trinajstić information content (AvgIpc) is 2.61. The van der Waals surface area contributed by atoms with Crippen LogP contribution in [0.5, 0.6) is 0 Å². The Kier molecular flexibility index (Phi) is 5.43. The monoisotopic (exact) mass is 311 g/mol. The van der Waals surface area contributed by atoms with Crippen LogP contribution in [0.1, 0.15) is 24.0 Å². The Labute approximate surface area is 137 Å². The molecule has 3 heteroatoms. The lowest BCUT2D eigenvalue weighted by Gasteiger charge is -2.25. The van der Waals surface area contributed by atoms with Gasteiger partial charge in [0.2, 0.25) is 0 Å². The summed E-state index contributed by atoms with van der Waals surface area (Å²) in [5.74, 6) is 0.251. The highest BCUT2D eigenvalue weighted by molar-refractivity contribution is 5.66. The van der Waals surface area contributed by atoms with E-state index < -0.39 is 0 Å². The summed E-state index contributed by atoms with van der Waals surface area (Å²) in [6.45, 7) is 2.58. The molecule has 0 bridgehead atoms. The normalized spacial score (nSPS) is 16.3. The molecule has 1 aliphatic heterocycles. The van der Waals surface area contributed by atoms with Gasteiger partial charge in [-0.2, -0.15) is 0 Å². The van der Waals surface area contributed by atoms with Crippen molar-refractivity contribution >= 4 is 5.57 Å². The molecule has 0 amide bonds. The maximum atomic E-state index is 13.2. The first-order valence-corrected chi connectivity index (χ1v) is 8.15. The first-order valence-electron chi connectivity index (χ1n) is 8.15. The van der Waals surface area contributed by atoms with Crippen molar-refractivity contribution in [2.24, 2.45) is 5.92 Å². The van der Waals surface area contributed by atoms with Gasteiger partial charge < -0.3 is 10.1 Å². The van der Waals surface area contributed by atoms with E-state index in [1.807, 2.05) is 36.6 Å². The quantitative estimate of drug-likeness (QED) is 0.827. The van der Waals surface area contributed by atoms with Crippen molar-refractivity contribution in [3.63, 3.8) is 0 Å². The average molecular weight is 311 g/mol. The van der Waals surface area contributed by atoms with E-state index in [1.54, 1.807) is 0 Å². The van der Waals surface area contributed by atoms with Crippen molar-refractivity contribution in [3.05, 3.63) is 77.8 Å². The van der Waals surface area contributed by atoms with Crippen LogP contribution in [0.3, 0.4) is 0 Å². The maximum Gasteiger partial charge on any atom is 0.123 e. The summed E-state index contributed by atoms with van der Waals surface area (Å²) in [5, 5.41) is 3.38. The van der Waals surface area contributed by atoms with Crippen LogP contribution >= 0.6 is 0 Å². The molecule has 2 nitrogen and oxygen atoms in total. The predicted octanol–water partition coefficient (Wildman–Crippen LogP) is 4.38. The van der Waals surface area contributed by atoms with Gasteiger partial charge in [0.05, 0.1) is 6.26 Å². The molecule has 1 N–H and O–H groups in total. The van der Waals surface area contributed by atoms with E-state index in [4.69, 9.17) is 4.74 Å². The minimum atomic E-state index is -0.205. The Morgan fingerprint density at radius 3 is 2.43 bits per heavy atom. The van der Waals surface area contributed by atoms with Gasteiger partial charge in [0, 0.05) is 0 Å². The van der Waals surface area contributed by atoms with Crippen LogP contribution < -0.4 is 5.32 Å². The third-order valence-corrected chi connectivity index (χ3v) is 4.26. The van der Waals surface area contributed by atoms with E-state index in [2.05, 4.69) is 17.4 Å². The molecule has 0 unspecified atom stereocenters. The molecule has 3 rings (SSSR count). The molecule has 0 saturated carbocycles. The molecule has 0 aromatic heterocycles. The fourth-order valence-corrected chi connectivity index (χ4v) is 2.98. The standard InChI is InChI=1S/C20H22FNO/c21-19-8-6-17(7-9-19)20(18-10-12-22-13-11-18)15-23-14-16-4-2-1-3-5-16/h1-9,15,18,22H,10-14H2/b20-15+. The van der Waals surface area contributed by atoms with Crippen molar-refractivity contribution in [2.45, 2.75) is 19.4 Å². The number of nitrogens with one attached hydrogen (secondary N) is 1. The molecule has 0 spiro atoms. The van der Waals surface area contributed by atoms with Crippen molar-refractivity contribution < 1.29 is 9.13 Å². The first-order chi connectivity index (χ1) is 11.3. The van der Waals surface area contributed by atoms with Gasteiger partial charge in [0.25, 0.3) is 0 Å². The van der Waals surface area contributed by atoms with Crippen LogP contribution in [0.25, 0.3) is 5.57 Å². The van der Waals surface area contributed by atoms with Crippen LogP contribution in [0.15, 0.2) is 60.9 Å². The minimum Gasteiger partial charge on any atom is -0.496 e. The van der Waals surface area contributed by atoms with Gasteiger partial charge in [-0.25, -0.2) is 4.39 Å². The van der Waals surface area contributed by atoms with E-state index in [-0.39, 0.29) is 5.82 Å². The van der Waals surface area contributed by atoms with Crippen molar-refractivity contribution in [1.29, 1.82) is 0 Å². The summed E-state index contributed by atoms with van der Waals surface area (Å²) < 4.78 is 19.0. The number of benzene rings is 2. The summed E-state index contributed by atoms with van der Waals surface area (Å²) in [5.41, 5.74) is 3.36. The van der Waals surface area contributed by atoms with Gasteiger partial charge in [-0.15, -0.1) is 0 Å². The number of hydrogen-bond acceptors (Lipinski definition) is 2. The zero-order valence-electron chi connectivity index (χ0n) is 13.2. The van der Waals surface area contributed by atoms with Crippen molar-refractivity contribution in [2.75, 3.05) is 13.1 Å². The summed E-state index contributed by atoms with van der Waals surface area (Å²) in [6.07, 6.45) is 4.03. The Morgan fingerprint density at radius 2 is 1.74 bits per heavy atom. The van der Waals surface area contributed by atoms with Crippen LogP contribution in [-0.2, 0) is 11.3 Å². The van der Waals surface area contributed by atoms with E-state index in [9.17, 15) is 4.39 Å². The fourth-order valence-electron chi connectivity index (χ4n) is 2.98. The predicted molar refractivity (Wildman–Crippen MR) is 91.2 cm³/mol. The van der Waals surface area contributed by atoms with Crippen LogP contribution in [-0.4, -0.2) is 13.1 Å². The molecule has 1 fully saturated rings. The fraction of sp³-hybridized carbons (Fsp3) is 0.300. The third kappa shape index (κ3) is 4.42. The minimum absolute atomic E-state index is 0.205. The van der Waals surface area contributed by atoms with Crippen LogP contribution in [0.4, 0.5) is 4.39 Å². The molecule has 2 aromatic rings. The molecule has 0 atom stereocenters. The van der Waals surface area contributed by atoms with Gasteiger partial charge in [0.15, 0.2) is 0 Å². The van der Waals surface area contributed by atoms with Gasteiger partial charge in [-0.3, -0.25) is 0 Å². The second kappa shape index (κ2) is 7.93. The van der Waals surface area contributed by atoms with E-state index in [0.29, 0.717) is 12.5 Å². The van der Waals surface area contributed by atoms with Gasteiger partial charge in [-0.1, -0.05) is 42.5 Å². The zero-order chi connectivity index (χ0) is 15.9. The number of rotatable bonds is 5. The highest BCUT2D eigenvalue weighted by Crippen LogP contribution is 2.30. The second-order valence-corrected chi connectivity index (χ2v) is 5.90. The number of piperidine rings is 1. The van der Waals surface area contributed by atoms with Crippen LogP contribution in [0, 0.1) is 11.7 Å². The summed E-state index contributed by atoms with van der Waals surface area (Å²) in [7, 11) is 0. The summed E-state index contributed by atoms with van der Waals surface area (Å²) >= 11 is 0. The Morgan fingerprint density at radius 1 is 1.04 bits per heavy atom. The molecule has 1 aliphatic rings. The number of halogens is 1. The topological polar surface area (TPSA) is 21.3 Å². The van der Waals surface area contributed by atoms with Gasteiger partial charge in [0.1, 0.15) is 12.4 Å². The smallest absolute Gasteiger partial charge is 0.123 e. The lowest BCUT2D eigenvalue weighted by atomic mass is 9.86. The summed E-state index contributed by atoms with van der Waals surface area (Å²) in [6, 6.07) is 16.8. The molecule has 1 heterocycles. The molecule has 120 valence electrons. The third-order valence-electron chi connectivity index (χ3n) is 4.26. The lowest BCUT2D eigenvalue weighted by molar-refractivity contribution is 0.235. The Bertz CT molecular complexity index is 630. The van der Waals surface area contributed by atoms with Gasteiger partial charge >= 0.3 is 0 Å². The van der Waals surface area contributed by atoms with E-state index in [1.165, 1.54) is 17.7 Å². The molecule has 0 radical (unpaired) electrons. The largest absolute Gasteiger partial charge is 0.496 e. The molecule has 23 heavy (non-hydrogen) atoms. The molecular formula is C20H22FNO. The highest BCUT2D eigenvalue weighted by atomic mass is 19.1. The Hall–Kier alpha value is -2.13. The maximum absolute atomic E-state index is 13.2.